The molecule has 0 spiro atoms. The van der Waals surface area contributed by atoms with Crippen molar-refractivity contribution in [3.63, 3.8) is 0 Å². The zero-order valence-electron chi connectivity index (χ0n) is 9.97. The summed E-state index contributed by atoms with van der Waals surface area (Å²) in [4.78, 5) is 13.8. The summed E-state index contributed by atoms with van der Waals surface area (Å²) in [5.41, 5.74) is 0.154. The molecule has 1 amide bonds. The second kappa shape index (κ2) is 4.90. The van der Waals surface area contributed by atoms with E-state index in [9.17, 15) is 13.2 Å². The highest BCUT2D eigenvalue weighted by Crippen LogP contribution is 2.24. The predicted octanol–water partition coefficient (Wildman–Crippen LogP) is 2.10. The maximum absolute atomic E-state index is 12.3. The van der Waals surface area contributed by atoms with Crippen LogP contribution in [0.5, 0.6) is 0 Å². The summed E-state index contributed by atoms with van der Waals surface area (Å²) in [5.74, 6) is 0.188. The number of amides is 1. The molecule has 1 aliphatic heterocycles. The fraction of sp³-hybridized carbons (Fsp3) is 0.417. The van der Waals surface area contributed by atoms with Crippen LogP contribution in [0.1, 0.15) is 23.7 Å². The average Bonchev–Trinajstić information content (AvgIpc) is 2.74. The van der Waals surface area contributed by atoms with E-state index in [1.54, 1.807) is 17.0 Å². The van der Waals surface area contributed by atoms with E-state index in [1.807, 2.05) is 0 Å². The molecule has 0 saturated carbocycles. The Morgan fingerprint density at radius 1 is 1.39 bits per heavy atom. The van der Waals surface area contributed by atoms with Crippen molar-refractivity contribution in [3.05, 3.63) is 29.8 Å². The lowest BCUT2D eigenvalue weighted by Crippen LogP contribution is -2.29. The Balaban J connectivity index is 2.37. The maximum atomic E-state index is 12.3. The van der Waals surface area contributed by atoms with E-state index in [2.05, 4.69) is 6.92 Å². The van der Waals surface area contributed by atoms with E-state index in [4.69, 9.17) is 10.7 Å². The van der Waals surface area contributed by atoms with Crippen molar-refractivity contribution in [2.45, 2.75) is 18.2 Å². The van der Waals surface area contributed by atoms with Gasteiger partial charge in [-0.15, -0.1) is 0 Å². The molecule has 0 bridgehead atoms. The summed E-state index contributed by atoms with van der Waals surface area (Å²) < 4.78 is 22.9. The van der Waals surface area contributed by atoms with Crippen LogP contribution in [0.25, 0.3) is 0 Å². The number of hydrogen-bond donors (Lipinski definition) is 0. The Labute approximate surface area is 111 Å². The molecule has 1 aromatic rings. The summed E-state index contributed by atoms with van der Waals surface area (Å²) in [7, 11) is 1.45. The lowest BCUT2D eigenvalue weighted by Gasteiger charge is -2.17. The number of likely N-dealkylation sites (tertiary alicyclic amines) is 1. The molecule has 18 heavy (non-hydrogen) atoms. The molecule has 0 radical (unpaired) electrons. The normalized spacial score (nSPS) is 20.1. The van der Waals surface area contributed by atoms with Gasteiger partial charge in [-0.3, -0.25) is 4.79 Å². The molecule has 2 rings (SSSR count). The van der Waals surface area contributed by atoms with Gasteiger partial charge in [0.1, 0.15) is 0 Å². The Bertz CT molecular complexity index is 570. The smallest absolute Gasteiger partial charge is 0.262 e. The SMILES string of the molecule is CC1CCN(C(=O)c2ccccc2S(=O)(=O)Cl)C1. The number of carbonyl (C=O) groups excluding carboxylic acids is 1. The molecule has 1 fully saturated rings. The third kappa shape index (κ3) is 2.67. The van der Waals surface area contributed by atoms with Crippen molar-refractivity contribution in [2.24, 2.45) is 5.92 Å². The van der Waals surface area contributed by atoms with Gasteiger partial charge in [-0.2, -0.15) is 0 Å². The molecule has 1 saturated heterocycles. The predicted molar refractivity (Wildman–Crippen MR) is 69.2 cm³/mol. The minimum Gasteiger partial charge on any atom is -0.338 e. The molecular weight excluding hydrogens is 274 g/mol. The van der Waals surface area contributed by atoms with Gasteiger partial charge in [-0.05, 0) is 24.5 Å². The minimum atomic E-state index is -3.90. The first-order valence-electron chi connectivity index (χ1n) is 5.72. The van der Waals surface area contributed by atoms with Gasteiger partial charge in [-0.1, -0.05) is 19.1 Å². The molecule has 1 atom stereocenters. The van der Waals surface area contributed by atoms with Crippen molar-refractivity contribution in [1.82, 2.24) is 4.90 Å². The quantitative estimate of drug-likeness (QED) is 0.783. The van der Waals surface area contributed by atoms with Crippen LogP contribution in [-0.4, -0.2) is 32.3 Å². The van der Waals surface area contributed by atoms with Crippen LogP contribution < -0.4 is 0 Å². The topological polar surface area (TPSA) is 54.5 Å². The molecule has 4 nitrogen and oxygen atoms in total. The van der Waals surface area contributed by atoms with Crippen molar-refractivity contribution < 1.29 is 13.2 Å². The molecular formula is C12H14ClNO3S. The summed E-state index contributed by atoms with van der Waals surface area (Å²) in [6.07, 6.45) is 0.946. The molecule has 1 aromatic carbocycles. The van der Waals surface area contributed by atoms with Gasteiger partial charge in [0.2, 0.25) is 0 Å². The Kier molecular flexibility index (Phi) is 3.64. The van der Waals surface area contributed by atoms with Crippen LogP contribution in [0, 0.1) is 5.92 Å². The van der Waals surface area contributed by atoms with Gasteiger partial charge < -0.3 is 4.90 Å². The van der Waals surface area contributed by atoms with E-state index in [1.165, 1.54) is 12.1 Å². The van der Waals surface area contributed by atoms with Crippen LogP contribution in [0.4, 0.5) is 0 Å². The summed E-state index contributed by atoms with van der Waals surface area (Å²) >= 11 is 0. The summed E-state index contributed by atoms with van der Waals surface area (Å²) in [6, 6.07) is 6.05. The Morgan fingerprint density at radius 3 is 2.61 bits per heavy atom. The van der Waals surface area contributed by atoms with Gasteiger partial charge >= 0.3 is 0 Å². The largest absolute Gasteiger partial charge is 0.338 e. The third-order valence-electron chi connectivity index (χ3n) is 3.09. The van der Waals surface area contributed by atoms with Crippen LogP contribution in [0.3, 0.4) is 0 Å². The van der Waals surface area contributed by atoms with E-state index in [0.29, 0.717) is 19.0 Å². The van der Waals surface area contributed by atoms with Crippen molar-refractivity contribution in [3.8, 4) is 0 Å². The van der Waals surface area contributed by atoms with Gasteiger partial charge in [0.25, 0.3) is 15.0 Å². The fourth-order valence-corrected chi connectivity index (χ4v) is 3.21. The fourth-order valence-electron chi connectivity index (χ4n) is 2.15. The first-order chi connectivity index (χ1) is 8.39. The monoisotopic (exact) mass is 287 g/mol. The average molecular weight is 288 g/mol. The highest BCUT2D eigenvalue weighted by atomic mass is 35.7. The second-order valence-corrected chi connectivity index (χ2v) is 7.11. The highest BCUT2D eigenvalue weighted by Gasteiger charge is 2.28. The number of benzene rings is 1. The number of nitrogens with zero attached hydrogens (tertiary/aromatic N) is 1. The van der Waals surface area contributed by atoms with Gasteiger partial charge in [0.05, 0.1) is 10.5 Å². The van der Waals surface area contributed by atoms with Crippen LogP contribution in [0.2, 0.25) is 0 Å². The highest BCUT2D eigenvalue weighted by molar-refractivity contribution is 8.13. The number of carbonyl (C=O) groups is 1. The zero-order chi connectivity index (χ0) is 13.3. The number of hydrogen-bond acceptors (Lipinski definition) is 3. The van der Waals surface area contributed by atoms with Crippen LogP contribution >= 0.6 is 10.7 Å². The molecule has 1 heterocycles. The molecule has 0 aromatic heterocycles. The minimum absolute atomic E-state index is 0.115. The van der Waals surface area contributed by atoms with Crippen molar-refractivity contribution in [2.75, 3.05) is 13.1 Å². The Hall–Kier alpha value is -1.07. The lowest BCUT2D eigenvalue weighted by atomic mass is 10.2. The van der Waals surface area contributed by atoms with Crippen LogP contribution in [-0.2, 0) is 9.05 Å². The zero-order valence-corrected chi connectivity index (χ0v) is 11.5. The first-order valence-corrected chi connectivity index (χ1v) is 8.03. The van der Waals surface area contributed by atoms with E-state index >= 15 is 0 Å². The molecule has 0 N–H and O–H groups in total. The number of rotatable bonds is 2. The second-order valence-electron chi connectivity index (χ2n) is 4.58. The van der Waals surface area contributed by atoms with E-state index in [-0.39, 0.29) is 16.4 Å². The van der Waals surface area contributed by atoms with Crippen LogP contribution in [0.15, 0.2) is 29.2 Å². The first kappa shape index (κ1) is 13.4. The van der Waals surface area contributed by atoms with Gasteiger partial charge in [-0.25, -0.2) is 8.42 Å². The molecule has 0 aliphatic carbocycles. The third-order valence-corrected chi connectivity index (χ3v) is 4.47. The molecule has 6 heteroatoms. The van der Waals surface area contributed by atoms with E-state index in [0.717, 1.165) is 6.42 Å². The molecule has 1 unspecified atom stereocenters. The molecule has 98 valence electrons. The maximum Gasteiger partial charge on any atom is 0.262 e. The Morgan fingerprint density at radius 2 is 2.06 bits per heavy atom. The van der Waals surface area contributed by atoms with Gasteiger partial charge in [0, 0.05) is 23.8 Å². The summed E-state index contributed by atoms with van der Waals surface area (Å²) in [6.45, 7) is 3.39. The standard InChI is InChI=1S/C12H14ClNO3S/c1-9-6-7-14(8-9)12(15)10-4-2-3-5-11(10)18(13,16)17/h2-5,9H,6-8H2,1H3. The number of halogens is 1. The lowest BCUT2D eigenvalue weighted by molar-refractivity contribution is 0.0784. The van der Waals surface area contributed by atoms with Crippen molar-refractivity contribution >= 4 is 25.6 Å². The van der Waals surface area contributed by atoms with Crippen molar-refractivity contribution in [1.29, 1.82) is 0 Å². The van der Waals surface area contributed by atoms with E-state index < -0.39 is 9.05 Å². The summed E-state index contributed by atoms with van der Waals surface area (Å²) in [5, 5.41) is 0. The van der Waals surface area contributed by atoms with Gasteiger partial charge in [0.15, 0.2) is 0 Å². The molecule has 1 aliphatic rings.